The van der Waals surface area contributed by atoms with Gasteiger partial charge in [0.25, 0.3) is 0 Å². The van der Waals surface area contributed by atoms with E-state index < -0.39 is 0 Å². The molecule has 57 valence electrons. The number of rotatable bonds is 0. The summed E-state index contributed by atoms with van der Waals surface area (Å²) in [6.45, 7) is 3.75. The van der Waals surface area contributed by atoms with Crippen LogP contribution in [-0.2, 0) is 12.3 Å². The fourth-order valence-electron chi connectivity index (χ4n) is 0.118. The summed E-state index contributed by atoms with van der Waals surface area (Å²) in [5.41, 5.74) is 0. The predicted molar refractivity (Wildman–Crippen MR) is 42.7 cm³/mol. The molecule has 0 saturated heterocycles. The van der Waals surface area contributed by atoms with Crippen LogP contribution in [0, 0.1) is 12.8 Å². The molecule has 4 heteroatoms. The second-order valence-corrected chi connectivity index (χ2v) is 1.44. The Morgan fingerprint density at radius 1 is 1.25 bits per heavy atom. The number of hydrogen-bond donors (Lipinski definition) is 0. The molecule has 1 aliphatic carbocycles. The summed E-state index contributed by atoms with van der Waals surface area (Å²) < 4.78 is 0. The molecular weight excluding hydrogens is 262 g/mol. The second kappa shape index (κ2) is 11.0. The van der Waals surface area contributed by atoms with Crippen molar-refractivity contribution in [3.05, 3.63) is 19.2 Å². The summed E-state index contributed by atoms with van der Waals surface area (Å²) in [4.78, 5) is 0. The second-order valence-electron chi connectivity index (χ2n) is 1.44. The van der Waals surface area contributed by atoms with E-state index in [0.717, 1.165) is 5.92 Å². The van der Waals surface area contributed by atoms with Crippen molar-refractivity contribution in [2.75, 3.05) is 0 Å². The zero-order valence-corrected chi connectivity index (χ0v) is 7.69. The first kappa shape index (κ1) is 16.1. The average molecular weight is 273 g/mol. The van der Waals surface area contributed by atoms with Gasteiger partial charge in [0, 0.05) is 0 Å². The van der Waals surface area contributed by atoms with E-state index in [1.54, 1.807) is 20.5 Å². The Morgan fingerprint density at radius 3 is 1.38 bits per heavy atom. The molecule has 0 aromatic rings. The van der Waals surface area contributed by atoms with E-state index in [4.69, 9.17) is 0 Å². The van der Waals surface area contributed by atoms with Gasteiger partial charge in [-0.1, -0.05) is 12.8 Å². The van der Waals surface area contributed by atoms with Crippen molar-refractivity contribution in [3.63, 3.8) is 0 Å². The van der Waals surface area contributed by atoms with Crippen molar-refractivity contribution in [2.24, 2.45) is 5.92 Å². The maximum atomic E-state index is 3.84. The number of nitrogens with two attached hydrogens (primary N) is 2. The Balaban J connectivity index is -0.0000000583. The van der Waals surface area contributed by atoms with Crippen LogP contribution in [0.1, 0.15) is 12.8 Å². The summed E-state index contributed by atoms with van der Waals surface area (Å²) >= 11 is 5.62. The van der Waals surface area contributed by atoms with Gasteiger partial charge >= 0.3 is 32.8 Å². The molecule has 0 bridgehead atoms. The molecule has 1 rings (SSSR count). The maximum absolute atomic E-state index is 3.84. The van der Waals surface area contributed by atoms with Gasteiger partial charge in [-0.05, 0) is 0 Å². The molecule has 1 saturated carbocycles. The first-order valence-electron chi connectivity index (χ1n) is 1.84. The third-order valence-corrected chi connectivity index (χ3v) is 0.697. The summed E-state index contributed by atoms with van der Waals surface area (Å²) in [5, 5.41) is 0. The molecule has 2 nitrogen and oxygen atoms in total. The van der Waals surface area contributed by atoms with E-state index in [2.05, 4.69) is 19.2 Å². The monoisotopic (exact) mass is 272 g/mol. The fourth-order valence-corrected chi connectivity index (χ4v) is 0.118. The molecule has 0 amide bonds. The Labute approximate surface area is 70.6 Å². The first-order valence-corrected chi connectivity index (χ1v) is 5.03. The van der Waals surface area contributed by atoms with Crippen LogP contribution in [0.2, 0.25) is 0 Å². The number of halogens is 1. The molecule has 0 aromatic heterocycles. The van der Waals surface area contributed by atoms with E-state index >= 15 is 0 Å². The molecule has 4 N–H and O–H groups in total. The average Bonchev–Trinajstić information content (AvgIpc) is 2.30. The van der Waals surface area contributed by atoms with Gasteiger partial charge < -0.3 is 19.2 Å². The minimum absolute atomic E-state index is 0. The SMILES string of the molecule is [CH2-]C1CC1.[NH2-].[NH2-].[Ni][I]. The van der Waals surface area contributed by atoms with E-state index in [0.29, 0.717) is 0 Å². The van der Waals surface area contributed by atoms with Gasteiger partial charge in [-0.25, -0.2) is 0 Å². The van der Waals surface area contributed by atoms with Gasteiger partial charge in [-0.2, -0.15) is 5.92 Å². The van der Waals surface area contributed by atoms with Crippen LogP contribution >= 0.6 is 20.5 Å². The van der Waals surface area contributed by atoms with Gasteiger partial charge in [0.15, 0.2) is 0 Å². The molecule has 0 heterocycles. The third kappa shape index (κ3) is 15.7. The molecule has 1 fully saturated rings. The first-order chi connectivity index (χ1) is 2.89. The molecule has 0 unspecified atom stereocenters. The summed E-state index contributed by atoms with van der Waals surface area (Å²) in [5.74, 6) is 0.833. The van der Waals surface area contributed by atoms with E-state index in [1.807, 2.05) is 0 Å². The van der Waals surface area contributed by atoms with Gasteiger partial charge in [0.05, 0.1) is 0 Å². The molecule has 1 aliphatic rings. The van der Waals surface area contributed by atoms with Crippen molar-refractivity contribution in [1.82, 2.24) is 0 Å². The molecule has 0 spiro atoms. The van der Waals surface area contributed by atoms with Crippen LogP contribution in [0.15, 0.2) is 0 Å². The fraction of sp³-hybridized carbons (Fsp3) is 0.750. The van der Waals surface area contributed by atoms with Crippen molar-refractivity contribution >= 4 is 20.5 Å². The van der Waals surface area contributed by atoms with Crippen LogP contribution in [0.25, 0.3) is 12.3 Å². The Morgan fingerprint density at radius 2 is 1.38 bits per heavy atom. The van der Waals surface area contributed by atoms with Gasteiger partial charge in [-0.15, -0.1) is 0 Å². The van der Waals surface area contributed by atoms with E-state index in [9.17, 15) is 0 Å². The van der Waals surface area contributed by atoms with Crippen molar-refractivity contribution in [2.45, 2.75) is 12.8 Å². The molecule has 0 atom stereocenters. The van der Waals surface area contributed by atoms with Crippen LogP contribution in [0.4, 0.5) is 0 Å². The van der Waals surface area contributed by atoms with Crippen LogP contribution in [0.3, 0.4) is 0 Å². The van der Waals surface area contributed by atoms with Gasteiger partial charge in [-0.3, -0.25) is 0 Å². The third-order valence-electron chi connectivity index (χ3n) is 0.697. The Bertz CT molecular complexity index is 33.2. The molecule has 0 aromatic carbocycles. The van der Waals surface area contributed by atoms with E-state index in [-0.39, 0.29) is 12.3 Å². The van der Waals surface area contributed by atoms with E-state index in [1.165, 1.54) is 12.8 Å². The quantitative estimate of drug-likeness (QED) is 0.368. The Kier molecular flexibility index (Phi) is 22.1. The van der Waals surface area contributed by atoms with Crippen molar-refractivity contribution in [3.8, 4) is 0 Å². The Hall–Kier alpha value is 1.14. The summed E-state index contributed by atoms with van der Waals surface area (Å²) in [6, 6.07) is 0. The molecule has 0 radical (unpaired) electrons. The summed E-state index contributed by atoms with van der Waals surface area (Å²) in [6.07, 6.45) is 2.75. The predicted octanol–water partition coefficient (Wildman–Crippen LogP) is 3.55. The summed E-state index contributed by atoms with van der Waals surface area (Å²) in [7, 11) is 0. The zero-order valence-electron chi connectivity index (χ0n) is 4.55. The van der Waals surface area contributed by atoms with Crippen LogP contribution in [0.5, 0.6) is 0 Å². The zero-order chi connectivity index (χ0) is 4.99. The molecule has 8 heavy (non-hydrogen) atoms. The van der Waals surface area contributed by atoms with Crippen LogP contribution in [-0.4, -0.2) is 0 Å². The van der Waals surface area contributed by atoms with Gasteiger partial charge in [0.1, 0.15) is 0 Å². The standard InChI is InChI=1S/C4H7.HI.2H2N.Ni/c1-4-2-3-4;;;;/h4H,1-3H2;1H;2*1H2;/q-1;;2*-1;+1/p-1. The molecular formula is C4H11IN2Ni-3. The minimum atomic E-state index is 0. The number of hydrogen-bond acceptors (Lipinski definition) is 0. The van der Waals surface area contributed by atoms with Gasteiger partial charge in [0.2, 0.25) is 0 Å². The normalized spacial score (nSPS) is 14.0. The van der Waals surface area contributed by atoms with Crippen molar-refractivity contribution < 1.29 is 12.3 Å². The van der Waals surface area contributed by atoms with Crippen molar-refractivity contribution in [1.29, 1.82) is 0 Å². The van der Waals surface area contributed by atoms with Crippen LogP contribution < -0.4 is 0 Å². The topological polar surface area (TPSA) is 67.0 Å². The molecule has 0 aliphatic heterocycles.